The van der Waals surface area contributed by atoms with E-state index in [0.29, 0.717) is 5.56 Å². The SMILES string of the molecule is CC(NC(=O)C(C)(N)c1ccc(Br)cc1)C(=O)NC(C)(C)C.Cl. The van der Waals surface area contributed by atoms with Crippen LogP contribution in [0, 0.1) is 0 Å². The number of hydrogen-bond acceptors (Lipinski definition) is 3. The van der Waals surface area contributed by atoms with Gasteiger partial charge in [0, 0.05) is 10.0 Å². The summed E-state index contributed by atoms with van der Waals surface area (Å²) < 4.78 is 0.908. The van der Waals surface area contributed by atoms with Gasteiger partial charge in [0.05, 0.1) is 0 Å². The second kappa shape index (κ2) is 8.13. The summed E-state index contributed by atoms with van der Waals surface area (Å²) in [5, 5.41) is 5.49. The first-order chi connectivity index (χ1) is 9.93. The van der Waals surface area contributed by atoms with Gasteiger partial charge in [-0.3, -0.25) is 9.59 Å². The third kappa shape index (κ3) is 6.49. The Bertz CT molecular complexity index is 553. The van der Waals surface area contributed by atoms with Crippen molar-refractivity contribution in [2.24, 2.45) is 5.73 Å². The summed E-state index contributed by atoms with van der Waals surface area (Å²) in [5.74, 6) is -0.640. The van der Waals surface area contributed by atoms with Crippen molar-refractivity contribution in [2.45, 2.75) is 51.7 Å². The van der Waals surface area contributed by atoms with Gasteiger partial charge in [0.2, 0.25) is 11.8 Å². The van der Waals surface area contributed by atoms with E-state index in [-0.39, 0.29) is 23.9 Å². The van der Waals surface area contributed by atoms with E-state index in [9.17, 15) is 9.59 Å². The van der Waals surface area contributed by atoms with Gasteiger partial charge in [-0.1, -0.05) is 28.1 Å². The highest BCUT2D eigenvalue weighted by Gasteiger charge is 2.32. The van der Waals surface area contributed by atoms with Gasteiger partial charge in [-0.25, -0.2) is 0 Å². The van der Waals surface area contributed by atoms with Gasteiger partial charge >= 0.3 is 0 Å². The van der Waals surface area contributed by atoms with Crippen molar-refractivity contribution in [3.63, 3.8) is 0 Å². The highest BCUT2D eigenvalue weighted by Crippen LogP contribution is 2.20. The van der Waals surface area contributed by atoms with Gasteiger partial charge < -0.3 is 16.4 Å². The van der Waals surface area contributed by atoms with Crippen molar-refractivity contribution in [2.75, 3.05) is 0 Å². The van der Waals surface area contributed by atoms with Crippen LogP contribution in [0.5, 0.6) is 0 Å². The molecule has 0 fully saturated rings. The zero-order chi connectivity index (χ0) is 17.1. The minimum atomic E-state index is -1.21. The van der Waals surface area contributed by atoms with Gasteiger partial charge in [-0.15, -0.1) is 12.4 Å². The third-order valence-electron chi connectivity index (χ3n) is 3.15. The van der Waals surface area contributed by atoms with Gasteiger partial charge in [-0.2, -0.15) is 0 Å². The topological polar surface area (TPSA) is 84.2 Å². The number of carbonyl (C=O) groups excluding carboxylic acids is 2. The minimum Gasteiger partial charge on any atom is -0.350 e. The Morgan fingerprint density at radius 2 is 1.61 bits per heavy atom. The van der Waals surface area contributed by atoms with E-state index in [0.717, 1.165) is 4.47 Å². The monoisotopic (exact) mass is 405 g/mol. The lowest BCUT2D eigenvalue weighted by Crippen LogP contribution is -2.56. The molecular weight excluding hydrogens is 382 g/mol. The maximum absolute atomic E-state index is 12.4. The molecule has 5 nitrogen and oxygen atoms in total. The fourth-order valence-electron chi connectivity index (χ4n) is 1.82. The smallest absolute Gasteiger partial charge is 0.245 e. The molecule has 4 N–H and O–H groups in total. The van der Waals surface area contributed by atoms with E-state index in [1.807, 2.05) is 32.9 Å². The molecular formula is C16H25BrClN3O2. The Labute approximate surface area is 152 Å². The average Bonchev–Trinajstić information content (AvgIpc) is 2.37. The van der Waals surface area contributed by atoms with E-state index < -0.39 is 17.5 Å². The average molecular weight is 407 g/mol. The summed E-state index contributed by atoms with van der Waals surface area (Å²) in [6.07, 6.45) is 0. The first kappa shape index (κ1) is 21.9. The van der Waals surface area contributed by atoms with E-state index in [1.54, 1.807) is 26.0 Å². The first-order valence-corrected chi connectivity index (χ1v) is 7.90. The van der Waals surface area contributed by atoms with Crippen molar-refractivity contribution in [1.82, 2.24) is 10.6 Å². The Balaban J connectivity index is 0.00000484. The molecule has 0 radical (unpaired) electrons. The molecule has 1 aromatic rings. The predicted molar refractivity (Wildman–Crippen MR) is 98.4 cm³/mol. The predicted octanol–water partition coefficient (Wildman–Crippen LogP) is 2.46. The largest absolute Gasteiger partial charge is 0.350 e. The summed E-state index contributed by atoms with van der Waals surface area (Å²) in [5.41, 5.74) is 5.26. The van der Waals surface area contributed by atoms with Crippen molar-refractivity contribution in [3.8, 4) is 0 Å². The molecule has 2 amide bonds. The normalized spacial score (nSPS) is 14.9. The van der Waals surface area contributed by atoms with E-state index in [1.165, 1.54) is 0 Å². The molecule has 0 aliphatic carbocycles. The lowest BCUT2D eigenvalue weighted by molar-refractivity contribution is -0.132. The fourth-order valence-corrected chi connectivity index (χ4v) is 2.08. The minimum absolute atomic E-state index is 0. The number of nitrogens with one attached hydrogen (secondary N) is 2. The quantitative estimate of drug-likeness (QED) is 0.718. The summed E-state index contributed by atoms with van der Waals surface area (Å²) in [4.78, 5) is 24.4. The molecule has 0 bridgehead atoms. The van der Waals surface area contributed by atoms with Gasteiger partial charge in [0.15, 0.2) is 0 Å². The fraction of sp³-hybridized carbons (Fsp3) is 0.500. The molecule has 0 aliphatic heterocycles. The van der Waals surface area contributed by atoms with Crippen LogP contribution in [-0.4, -0.2) is 23.4 Å². The molecule has 0 heterocycles. The van der Waals surface area contributed by atoms with Gasteiger partial charge in [-0.05, 0) is 52.3 Å². The van der Waals surface area contributed by atoms with Crippen LogP contribution in [0.1, 0.15) is 40.2 Å². The van der Waals surface area contributed by atoms with Crippen LogP contribution < -0.4 is 16.4 Å². The van der Waals surface area contributed by atoms with Crippen LogP contribution in [0.15, 0.2) is 28.7 Å². The number of halogens is 2. The number of amides is 2. The second-order valence-corrected chi connectivity index (χ2v) is 7.56. The highest BCUT2D eigenvalue weighted by atomic mass is 79.9. The molecule has 0 saturated carbocycles. The molecule has 130 valence electrons. The molecule has 0 aliphatic rings. The van der Waals surface area contributed by atoms with Crippen LogP contribution in [0.3, 0.4) is 0 Å². The molecule has 0 aromatic heterocycles. The molecule has 2 unspecified atom stereocenters. The number of nitrogens with two attached hydrogens (primary N) is 1. The van der Waals surface area contributed by atoms with Crippen LogP contribution >= 0.6 is 28.3 Å². The van der Waals surface area contributed by atoms with E-state index in [2.05, 4.69) is 26.6 Å². The van der Waals surface area contributed by atoms with Gasteiger partial charge in [0.25, 0.3) is 0 Å². The molecule has 2 atom stereocenters. The number of rotatable bonds is 4. The summed E-state index contributed by atoms with van der Waals surface area (Å²) in [6.45, 7) is 8.91. The van der Waals surface area contributed by atoms with Crippen molar-refractivity contribution in [3.05, 3.63) is 34.3 Å². The summed E-state index contributed by atoms with van der Waals surface area (Å²) in [6, 6.07) is 6.55. The number of carbonyl (C=O) groups is 2. The van der Waals surface area contributed by atoms with Gasteiger partial charge in [0.1, 0.15) is 11.6 Å². The molecule has 1 aromatic carbocycles. The van der Waals surface area contributed by atoms with Crippen LogP contribution in [0.4, 0.5) is 0 Å². The second-order valence-electron chi connectivity index (χ2n) is 6.64. The summed E-state index contributed by atoms with van der Waals surface area (Å²) >= 11 is 3.34. The molecule has 1 rings (SSSR count). The zero-order valence-electron chi connectivity index (χ0n) is 14.1. The Kier molecular flexibility index (Phi) is 7.73. The zero-order valence-corrected chi connectivity index (χ0v) is 16.5. The summed E-state index contributed by atoms with van der Waals surface area (Å²) in [7, 11) is 0. The first-order valence-electron chi connectivity index (χ1n) is 7.11. The van der Waals surface area contributed by atoms with Crippen molar-refractivity contribution >= 4 is 40.2 Å². The maximum atomic E-state index is 12.4. The molecule has 0 saturated heterocycles. The van der Waals surface area contributed by atoms with Crippen molar-refractivity contribution < 1.29 is 9.59 Å². The lowest BCUT2D eigenvalue weighted by atomic mass is 9.92. The number of hydrogen-bond donors (Lipinski definition) is 3. The molecule has 7 heteroatoms. The maximum Gasteiger partial charge on any atom is 0.245 e. The number of benzene rings is 1. The van der Waals surface area contributed by atoms with Crippen LogP contribution in [-0.2, 0) is 15.1 Å². The van der Waals surface area contributed by atoms with Crippen LogP contribution in [0.2, 0.25) is 0 Å². The van der Waals surface area contributed by atoms with Crippen LogP contribution in [0.25, 0.3) is 0 Å². The lowest BCUT2D eigenvalue weighted by Gasteiger charge is -2.28. The highest BCUT2D eigenvalue weighted by molar-refractivity contribution is 9.10. The van der Waals surface area contributed by atoms with Crippen molar-refractivity contribution in [1.29, 1.82) is 0 Å². The Hall–Kier alpha value is -1.11. The Morgan fingerprint density at radius 1 is 1.13 bits per heavy atom. The van der Waals surface area contributed by atoms with E-state index >= 15 is 0 Å². The third-order valence-corrected chi connectivity index (χ3v) is 3.68. The molecule has 0 spiro atoms. The molecule has 23 heavy (non-hydrogen) atoms. The van der Waals surface area contributed by atoms with E-state index in [4.69, 9.17) is 5.73 Å². The Morgan fingerprint density at radius 3 is 2.04 bits per heavy atom. The standard InChI is InChI=1S/C16H24BrN3O2.ClH/c1-10(13(21)20-15(2,3)4)19-14(22)16(5,18)11-6-8-12(17)9-7-11;/h6-10H,18H2,1-5H3,(H,19,22)(H,20,21);1H.